The van der Waals surface area contributed by atoms with E-state index < -0.39 is 4.92 Å². The third kappa shape index (κ3) is 5.21. The molecular formula is C27H27N5O4. The van der Waals surface area contributed by atoms with Gasteiger partial charge in [0.1, 0.15) is 5.76 Å². The number of benzene rings is 2. The molecule has 0 saturated carbocycles. The third-order valence-corrected chi connectivity index (χ3v) is 6.46. The van der Waals surface area contributed by atoms with E-state index in [2.05, 4.69) is 10.2 Å². The Morgan fingerprint density at radius 2 is 1.81 bits per heavy atom. The third-order valence-electron chi connectivity index (χ3n) is 6.46. The number of hydrogen-bond acceptors (Lipinski definition) is 6. The highest BCUT2D eigenvalue weighted by atomic mass is 16.6. The zero-order valence-electron chi connectivity index (χ0n) is 19.7. The summed E-state index contributed by atoms with van der Waals surface area (Å²) in [5.41, 5.74) is 2.93. The highest BCUT2D eigenvalue weighted by Crippen LogP contribution is 2.27. The number of nitro benzene ring substituents is 1. The van der Waals surface area contributed by atoms with Gasteiger partial charge in [-0.2, -0.15) is 5.10 Å². The van der Waals surface area contributed by atoms with Gasteiger partial charge in [-0.1, -0.05) is 18.2 Å². The minimum Gasteiger partial charge on any atom is -0.468 e. The van der Waals surface area contributed by atoms with Crippen molar-refractivity contribution >= 4 is 11.6 Å². The Hall–Kier alpha value is -4.24. The van der Waals surface area contributed by atoms with Crippen LogP contribution in [-0.2, 0) is 11.2 Å². The summed E-state index contributed by atoms with van der Waals surface area (Å²) in [4.78, 5) is 26.1. The maximum Gasteiger partial charge on any atom is 0.269 e. The molecule has 5 rings (SSSR count). The number of aromatic nitrogens is 2. The lowest BCUT2D eigenvalue weighted by atomic mass is 10.1. The molecular weight excluding hydrogens is 458 g/mol. The fourth-order valence-corrected chi connectivity index (χ4v) is 4.63. The second-order valence-corrected chi connectivity index (χ2v) is 8.84. The molecule has 3 heterocycles. The largest absolute Gasteiger partial charge is 0.468 e. The van der Waals surface area contributed by atoms with Gasteiger partial charge in [0.25, 0.3) is 5.69 Å². The molecule has 0 radical (unpaired) electrons. The molecule has 2 aromatic carbocycles. The summed E-state index contributed by atoms with van der Waals surface area (Å²) in [6, 6.07) is 19.7. The van der Waals surface area contributed by atoms with Crippen molar-refractivity contribution in [3.63, 3.8) is 0 Å². The van der Waals surface area contributed by atoms with E-state index >= 15 is 0 Å². The highest BCUT2D eigenvalue weighted by molar-refractivity contribution is 5.81. The van der Waals surface area contributed by atoms with E-state index in [4.69, 9.17) is 9.52 Å². The molecule has 36 heavy (non-hydrogen) atoms. The number of carbonyl (C=O) groups is 1. The Morgan fingerprint density at radius 3 is 2.47 bits per heavy atom. The summed E-state index contributed by atoms with van der Waals surface area (Å²) in [6.07, 6.45) is 5.92. The minimum atomic E-state index is -0.434. The number of para-hydroxylation sites is 1. The fourth-order valence-electron chi connectivity index (χ4n) is 4.63. The van der Waals surface area contributed by atoms with Crippen LogP contribution in [-0.4, -0.2) is 45.1 Å². The van der Waals surface area contributed by atoms with Crippen molar-refractivity contribution in [3.8, 4) is 16.9 Å². The van der Waals surface area contributed by atoms with Gasteiger partial charge in [0.05, 0.1) is 35.0 Å². The highest BCUT2D eigenvalue weighted by Gasteiger charge is 2.26. The van der Waals surface area contributed by atoms with Crippen LogP contribution in [0, 0.1) is 10.1 Å². The Morgan fingerprint density at radius 1 is 1.06 bits per heavy atom. The van der Waals surface area contributed by atoms with Crippen molar-refractivity contribution in [3.05, 3.63) is 101 Å². The molecule has 1 aliphatic rings. The quantitative estimate of drug-likeness (QED) is 0.276. The summed E-state index contributed by atoms with van der Waals surface area (Å²) in [5, 5.41) is 18.9. The maximum absolute atomic E-state index is 13.1. The van der Waals surface area contributed by atoms with Crippen LogP contribution in [0.2, 0.25) is 0 Å². The molecule has 1 N–H and O–H groups in total. The van der Waals surface area contributed by atoms with E-state index in [0.717, 1.165) is 42.9 Å². The molecule has 9 heteroatoms. The lowest BCUT2D eigenvalue weighted by Gasteiger charge is -2.26. The number of nitrogens with one attached hydrogen (secondary N) is 1. The van der Waals surface area contributed by atoms with Crippen LogP contribution in [0.5, 0.6) is 0 Å². The van der Waals surface area contributed by atoms with E-state index in [1.807, 2.05) is 48.7 Å². The van der Waals surface area contributed by atoms with Crippen LogP contribution in [0.1, 0.15) is 30.2 Å². The molecule has 1 atom stereocenters. The van der Waals surface area contributed by atoms with Gasteiger partial charge in [-0.15, -0.1) is 0 Å². The lowest BCUT2D eigenvalue weighted by molar-refractivity contribution is -0.384. The first-order valence-corrected chi connectivity index (χ1v) is 12.0. The van der Waals surface area contributed by atoms with Gasteiger partial charge in [0, 0.05) is 36.0 Å². The average molecular weight is 486 g/mol. The first kappa shape index (κ1) is 23.5. The minimum absolute atomic E-state index is 0.00594. The summed E-state index contributed by atoms with van der Waals surface area (Å²) in [5.74, 6) is 0.724. The van der Waals surface area contributed by atoms with E-state index in [0.29, 0.717) is 17.8 Å². The van der Waals surface area contributed by atoms with Crippen molar-refractivity contribution in [1.82, 2.24) is 20.0 Å². The number of furan rings is 1. The molecule has 1 saturated heterocycles. The summed E-state index contributed by atoms with van der Waals surface area (Å²) >= 11 is 0. The number of nitro groups is 1. The molecule has 0 spiro atoms. The summed E-state index contributed by atoms with van der Waals surface area (Å²) < 4.78 is 7.39. The number of amides is 1. The number of nitrogens with zero attached hydrogens (tertiary/aromatic N) is 4. The van der Waals surface area contributed by atoms with Crippen LogP contribution < -0.4 is 5.32 Å². The molecule has 184 valence electrons. The average Bonchev–Trinajstić information content (AvgIpc) is 3.68. The zero-order valence-corrected chi connectivity index (χ0v) is 19.7. The second kappa shape index (κ2) is 10.6. The van der Waals surface area contributed by atoms with Crippen LogP contribution in [0.3, 0.4) is 0 Å². The standard InChI is InChI=1S/C27H27N5O4/c33-26(28-18-24(25-9-6-16-36-25)30-14-4-5-15-30)17-21-19-31(22-7-2-1-3-8-22)29-27(21)20-10-12-23(13-11-20)32(34)35/h1-3,6-13,16,19,24H,4-5,14-15,17-18H2,(H,28,33). The van der Waals surface area contributed by atoms with Crippen molar-refractivity contribution in [2.75, 3.05) is 19.6 Å². The van der Waals surface area contributed by atoms with Crippen LogP contribution >= 0.6 is 0 Å². The fraction of sp³-hybridized carbons (Fsp3) is 0.259. The number of rotatable bonds is 9. The monoisotopic (exact) mass is 485 g/mol. The molecule has 1 fully saturated rings. The van der Waals surface area contributed by atoms with Crippen LogP contribution in [0.25, 0.3) is 16.9 Å². The molecule has 0 bridgehead atoms. The number of hydrogen-bond donors (Lipinski definition) is 1. The van der Waals surface area contributed by atoms with Gasteiger partial charge in [-0.25, -0.2) is 4.68 Å². The first-order valence-electron chi connectivity index (χ1n) is 12.0. The van der Waals surface area contributed by atoms with Gasteiger partial charge in [-0.3, -0.25) is 19.8 Å². The smallest absolute Gasteiger partial charge is 0.269 e. The number of likely N-dealkylation sites (tertiary alicyclic amines) is 1. The van der Waals surface area contributed by atoms with Gasteiger partial charge >= 0.3 is 0 Å². The predicted molar refractivity (Wildman–Crippen MR) is 135 cm³/mol. The van der Waals surface area contributed by atoms with Crippen LogP contribution in [0.15, 0.2) is 83.6 Å². The van der Waals surface area contributed by atoms with Crippen molar-refractivity contribution in [1.29, 1.82) is 0 Å². The number of non-ortho nitro benzene ring substituents is 1. The van der Waals surface area contributed by atoms with Gasteiger partial charge in [0.15, 0.2) is 0 Å². The molecule has 0 aliphatic carbocycles. The Balaban J connectivity index is 1.37. The maximum atomic E-state index is 13.1. The van der Waals surface area contributed by atoms with Gasteiger partial charge in [-0.05, 0) is 62.3 Å². The van der Waals surface area contributed by atoms with Gasteiger partial charge < -0.3 is 9.73 Å². The predicted octanol–water partition coefficient (Wildman–Crippen LogP) is 4.54. The van der Waals surface area contributed by atoms with E-state index in [-0.39, 0.29) is 24.1 Å². The second-order valence-electron chi connectivity index (χ2n) is 8.84. The topological polar surface area (TPSA) is 106 Å². The van der Waals surface area contributed by atoms with Crippen molar-refractivity contribution < 1.29 is 14.1 Å². The van der Waals surface area contributed by atoms with Crippen LogP contribution in [0.4, 0.5) is 5.69 Å². The number of carbonyl (C=O) groups excluding carboxylic acids is 1. The molecule has 1 amide bonds. The molecule has 2 aromatic heterocycles. The molecule has 4 aromatic rings. The lowest BCUT2D eigenvalue weighted by Crippen LogP contribution is -2.37. The van der Waals surface area contributed by atoms with E-state index in [1.54, 1.807) is 23.1 Å². The van der Waals surface area contributed by atoms with Crippen molar-refractivity contribution in [2.45, 2.75) is 25.3 Å². The first-order chi connectivity index (χ1) is 17.6. The molecule has 1 aliphatic heterocycles. The van der Waals surface area contributed by atoms with E-state index in [9.17, 15) is 14.9 Å². The molecule has 1 unspecified atom stereocenters. The van der Waals surface area contributed by atoms with E-state index in [1.165, 1.54) is 12.1 Å². The van der Waals surface area contributed by atoms with Gasteiger partial charge in [0.2, 0.25) is 5.91 Å². The normalized spacial score (nSPS) is 14.6. The SMILES string of the molecule is O=C(Cc1cn(-c2ccccc2)nc1-c1ccc([N+](=O)[O-])cc1)NCC(c1ccco1)N1CCCC1. The zero-order chi connectivity index (χ0) is 24.9. The Kier molecular flexibility index (Phi) is 6.90. The Labute approximate surface area is 208 Å². The summed E-state index contributed by atoms with van der Waals surface area (Å²) in [7, 11) is 0. The van der Waals surface area contributed by atoms with Crippen molar-refractivity contribution in [2.24, 2.45) is 0 Å². The summed E-state index contributed by atoms with van der Waals surface area (Å²) in [6.45, 7) is 2.41. The molecule has 9 nitrogen and oxygen atoms in total. The Bertz CT molecular complexity index is 1310.